The largest absolute Gasteiger partial charge is 0.483 e. The number of hydrogen-bond donors (Lipinski definition) is 1. The van der Waals surface area contributed by atoms with Gasteiger partial charge in [0.05, 0.1) is 11.0 Å². The minimum atomic E-state index is -0.130. The molecule has 4 rings (SSSR count). The monoisotopic (exact) mass is 469 g/mol. The Morgan fingerprint density at radius 3 is 2.60 bits per heavy atom. The predicted molar refractivity (Wildman–Crippen MR) is 142 cm³/mol. The van der Waals surface area contributed by atoms with Crippen LogP contribution in [0.15, 0.2) is 66.7 Å². The van der Waals surface area contributed by atoms with Crippen LogP contribution in [0.25, 0.3) is 11.0 Å². The standard InChI is InChI=1S/C30H35N3O2/c1-5-22(3)25-14-12-24(13-15-25)19-33-27-9-7-6-8-26(27)32-29(33)16-17-31-30(34)20-35-28-18-21(2)10-11-23(28)4/h6-15,18,22H,5,16-17,19-20H2,1-4H3,(H,31,34). The Bertz CT molecular complexity index is 1290. The summed E-state index contributed by atoms with van der Waals surface area (Å²) in [6, 6.07) is 23.1. The summed E-state index contributed by atoms with van der Waals surface area (Å²) < 4.78 is 7.99. The molecule has 1 amide bonds. The molecule has 0 spiro atoms. The topological polar surface area (TPSA) is 56.2 Å². The van der Waals surface area contributed by atoms with Gasteiger partial charge >= 0.3 is 0 Å². The number of para-hydroxylation sites is 2. The number of aryl methyl sites for hydroxylation is 2. The van der Waals surface area contributed by atoms with Crippen LogP contribution in [-0.2, 0) is 17.8 Å². The molecule has 4 aromatic rings. The van der Waals surface area contributed by atoms with Gasteiger partial charge in [-0.25, -0.2) is 4.98 Å². The van der Waals surface area contributed by atoms with Crippen LogP contribution < -0.4 is 10.1 Å². The Balaban J connectivity index is 1.40. The summed E-state index contributed by atoms with van der Waals surface area (Å²) in [5, 5.41) is 2.98. The number of carbonyl (C=O) groups excluding carboxylic acids is 1. The first-order valence-corrected chi connectivity index (χ1v) is 12.4. The Morgan fingerprint density at radius 2 is 1.83 bits per heavy atom. The molecule has 0 fully saturated rings. The number of nitrogens with one attached hydrogen (secondary N) is 1. The molecule has 1 N–H and O–H groups in total. The van der Waals surface area contributed by atoms with Crippen molar-refractivity contribution in [2.24, 2.45) is 0 Å². The maximum Gasteiger partial charge on any atom is 0.257 e. The van der Waals surface area contributed by atoms with Crippen molar-refractivity contribution >= 4 is 16.9 Å². The van der Waals surface area contributed by atoms with Gasteiger partial charge in [0.1, 0.15) is 11.6 Å². The van der Waals surface area contributed by atoms with Gasteiger partial charge in [0.2, 0.25) is 0 Å². The van der Waals surface area contributed by atoms with Crippen molar-refractivity contribution in [1.82, 2.24) is 14.9 Å². The third-order valence-electron chi connectivity index (χ3n) is 6.61. The number of amides is 1. The van der Waals surface area contributed by atoms with Crippen molar-refractivity contribution < 1.29 is 9.53 Å². The third kappa shape index (κ3) is 6.10. The molecular weight excluding hydrogens is 434 g/mol. The fourth-order valence-corrected chi connectivity index (χ4v) is 4.23. The van der Waals surface area contributed by atoms with Crippen LogP contribution in [-0.4, -0.2) is 28.6 Å². The van der Waals surface area contributed by atoms with Gasteiger partial charge in [-0.05, 0) is 66.6 Å². The highest BCUT2D eigenvalue weighted by Gasteiger charge is 2.12. The number of imidazole rings is 1. The first-order chi connectivity index (χ1) is 16.9. The number of ether oxygens (including phenoxy) is 1. The van der Waals surface area contributed by atoms with Crippen molar-refractivity contribution in [3.63, 3.8) is 0 Å². The molecule has 0 bridgehead atoms. The SMILES string of the molecule is CCC(C)c1ccc(Cn2c(CCNC(=O)COc3cc(C)ccc3C)nc3ccccc32)cc1. The number of aromatic nitrogens is 2. The lowest BCUT2D eigenvalue weighted by molar-refractivity contribution is -0.123. The maximum atomic E-state index is 12.4. The van der Waals surface area contributed by atoms with Crippen LogP contribution in [0, 0.1) is 13.8 Å². The van der Waals surface area contributed by atoms with Crippen LogP contribution in [0.5, 0.6) is 5.75 Å². The van der Waals surface area contributed by atoms with E-state index in [0.717, 1.165) is 46.7 Å². The van der Waals surface area contributed by atoms with Gasteiger partial charge in [-0.3, -0.25) is 4.79 Å². The van der Waals surface area contributed by atoms with E-state index in [4.69, 9.17) is 9.72 Å². The summed E-state index contributed by atoms with van der Waals surface area (Å²) in [5.74, 6) is 2.15. The highest BCUT2D eigenvalue weighted by Crippen LogP contribution is 2.22. The third-order valence-corrected chi connectivity index (χ3v) is 6.61. The van der Waals surface area contributed by atoms with Crippen LogP contribution in [0.1, 0.15) is 54.3 Å². The quantitative estimate of drug-likeness (QED) is 0.312. The van der Waals surface area contributed by atoms with E-state index in [1.165, 1.54) is 11.1 Å². The minimum Gasteiger partial charge on any atom is -0.483 e. The average Bonchev–Trinajstić information content (AvgIpc) is 3.21. The summed E-state index contributed by atoms with van der Waals surface area (Å²) in [5.41, 5.74) is 6.83. The highest BCUT2D eigenvalue weighted by molar-refractivity contribution is 5.78. The fourth-order valence-electron chi connectivity index (χ4n) is 4.23. The number of hydrogen-bond acceptors (Lipinski definition) is 3. The van der Waals surface area contributed by atoms with E-state index in [2.05, 4.69) is 54.1 Å². The van der Waals surface area contributed by atoms with E-state index in [1.807, 2.05) is 50.2 Å². The summed E-state index contributed by atoms with van der Waals surface area (Å²) in [6.45, 7) is 9.73. The van der Waals surface area contributed by atoms with Crippen LogP contribution in [0.4, 0.5) is 0 Å². The van der Waals surface area contributed by atoms with Gasteiger partial charge in [-0.1, -0.05) is 62.4 Å². The number of carbonyl (C=O) groups is 1. The lowest BCUT2D eigenvalue weighted by atomic mass is 9.98. The molecule has 35 heavy (non-hydrogen) atoms. The molecule has 5 heteroatoms. The lowest BCUT2D eigenvalue weighted by Crippen LogP contribution is -2.31. The maximum absolute atomic E-state index is 12.4. The Morgan fingerprint density at radius 1 is 1.06 bits per heavy atom. The molecular formula is C30H35N3O2. The molecule has 0 aliphatic heterocycles. The van der Waals surface area contributed by atoms with Crippen LogP contribution in [0.2, 0.25) is 0 Å². The zero-order valence-corrected chi connectivity index (χ0v) is 21.2. The van der Waals surface area contributed by atoms with Crippen molar-refractivity contribution in [3.8, 4) is 5.75 Å². The van der Waals surface area contributed by atoms with Gasteiger partial charge in [-0.2, -0.15) is 0 Å². The molecule has 1 atom stereocenters. The number of rotatable bonds is 10. The fraction of sp³-hybridized carbons (Fsp3) is 0.333. The minimum absolute atomic E-state index is 0.00321. The molecule has 0 aliphatic rings. The predicted octanol–water partition coefficient (Wildman–Crippen LogP) is 5.95. The summed E-state index contributed by atoms with van der Waals surface area (Å²) in [7, 11) is 0. The van der Waals surface area contributed by atoms with Gasteiger partial charge in [0.15, 0.2) is 6.61 Å². The van der Waals surface area contributed by atoms with Crippen molar-refractivity contribution in [1.29, 1.82) is 0 Å². The van der Waals surface area contributed by atoms with Crippen molar-refractivity contribution in [2.45, 2.75) is 53.0 Å². The normalized spacial score (nSPS) is 12.0. The van der Waals surface area contributed by atoms with Gasteiger partial charge in [0, 0.05) is 19.5 Å². The number of fused-ring (bicyclic) bond motifs is 1. The Kier molecular flexibility index (Phi) is 7.86. The zero-order valence-electron chi connectivity index (χ0n) is 21.2. The molecule has 0 radical (unpaired) electrons. The molecule has 182 valence electrons. The van der Waals surface area contributed by atoms with Gasteiger partial charge in [-0.15, -0.1) is 0 Å². The van der Waals surface area contributed by atoms with Crippen molar-refractivity contribution in [2.75, 3.05) is 13.2 Å². The van der Waals surface area contributed by atoms with Crippen LogP contribution in [0.3, 0.4) is 0 Å². The molecule has 0 saturated heterocycles. The first kappa shape index (κ1) is 24.5. The second-order valence-corrected chi connectivity index (χ2v) is 9.31. The smallest absolute Gasteiger partial charge is 0.257 e. The second kappa shape index (κ2) is 11.2. The van der Waals surface area contributed by atoms with Gasteiger partial charge in [0.25, 0.3) is 5.91 Å². The molecule has 5 nitrogen and oxygen atoms in total. The molecule has 0 aliphatic carbocycles. The molecule has 1 aromatic heterocycles. The summed E-state index contributed by atoms with van der Waals surface area (Å²) in [6.07, 6.45) is 1.78. The Labute approximate surface area is 208 Å². The zero-order chi connectivity index (χ0) is 24.8. The highest BCUT2D eigenvalue weighted by atomic mass is 16.5. The summed E-state index contributed by atoms with van der Waals surface area (Å²) >= 11 is 0. The average molecular weight is 470 g/mol. The first-order valence-electron chi connectivity index (χ1n) is 12.4. The van der Waals surface area contributed by atoms with E-state index in [-0.39, 0.29) is 12.5 Å². The van der Waals surface area contributed by atoms with E-state index in [9.17, 15) is 4.79 Å². The Hall–Kier alpha value is -3.60. The molecule has 0 saturated carbocycles. The molecule has 1 heterocycles. The van der Waals surface area contributed by atoms with E-state index in [0.29, 0.717) is 18.9 Å². The van der Waals surface area contributed by atoms with Crippen LogP contribution >= 0.6 is 0 Å². The van der Waals surface area contributed by atoms with E-state index < -0.39 is 0 Å². The summed E-state index contributed by atoms with van der Waals surface area (Å²) in [4.78, 5) is 17.3. The van der Waals surface area contributed by atoms with Gasteiger partial charge < -0.3 is 14.6 Å². The number of nitrogens with zero attached hydrogens (tertiary/aromatic N) is 2. The second-order valence-electron chi connectivity index (χ2n) is 9.31. The molecule has 3 aromatic carbocycles. The molecule has 1 unspecified atom stereocenters. The van der Waals surface area contributed by atoms with Crippen molar-refractivity contribution in [3.05, 3.63) is 94.8 Å². The lowest BCUT2D eigenvalue weighted by Gasteiger charge is -2.13. The van der Waals surface area contributed by atoms with E-state index >= 15 is 0 Å². The van der Waals surface area contributed by atoms with E-state index in [1.54, 1.807) is 0 Å². The number of benzene rings is 3.